The average molecular weight is 357 g/mol. The molecule has 2 fully saturated rings. The van der Waals surface area contributed by atoms with E-state index in [1.165, 1.54) is 66.0 Å². The SMILES string of the molecule is O=C1Cc2cc3ccc(C4CCCCC4)cc3cc2CC12CC1C=CC2C1. The molecule has 2 aromatic carbocycles. The number of Topliss-reactive ketones (excluding diaryl/α,β-unsaturated/α-hetero) is 1. The molecular weight excluding hydrogens is 328 g/mol. The summed E-state index contributed by atoms with van der Waals surface area (Å²) in [7, 11) is 0. The van der Waals surface area contributed by atoms with E-state index in [4.69, 9.17) is 0 Å². The number of benzene rings is 2. The van der Waals surface area contributed by atoms with Crippen molar-refractivity contribution in [3.05, 3.63) is 59.2 Å². The van der Waals surface area contributed by atoms with Gasteiger partial charge in [-0.2, -0.15) is 0 Å². The van der Waals surface area contributed by atoms with Crippen LogP contribution >= 0.6 is 0 Å². The van der Waals surface area contributed by atoms with E-state index >= 15 is 0 Å². The van der Waals surface area contributed by atoms with Crippen LogP contribution in [0.5, 0.6) is 0 Å². The molecule has 1 spiro atoms. The van der Waals surface area contributed by atoms with Gasteiger partial charge in [-0.1, -0.05) is 61.7 Å². The molecule has 1 nitrogen and oxygen atoms in total. The normalized spacial score (nSPS) is 32.5. The van der Waals surface area contributed by atoms with Gasteiger partial charge in [0.05, 0.1) is 0 Å². The molecule has 0 N–H and O–H groups in total. The molecule has 2 saturated carbocycles. The molecule has 0 heterocycles. The van der Waals surface area contributed by atoms with E-state index in [0.717, 1.165) is 18.8 Å². The first-order valence-electron chi connectivity index (χ1n) is 11.0. The summed E-state index contributed by atoms with van der Waals surface area (Å²) in [5.41, 5.74) is 4.19. The van der Waals surface area contributed by atoms with Crippen molar-refractivity contribution >= 4 is 16.6 Å². The van der Waals surface area contributed by atoms with Gasteiger partial charge in [0.2, 0.25) is 0 Å². The van der Waals surface area contributed by atoms with Crippen molar-refractivity contribution in [1.82, 2.24) is 0 Å². The van der Waals surface area contributed by atoms with Crippen LogP contribution in [0.3, 0.4) is 0 Å². The molecule has 4 aliphatic carbocycles. The minimum absolute atomic E-state index is 0.0823. The Hall–Kier alpha value is -1.89. The van der Waals surface area contributed by atoms with Crippen LogP contribution in [0.2, 0.25) is 0 Å². The van der Waals surface area contributed by atoms with Gasteiger partial charge >= 0.3 is 0 Å². The number of ketones is 1. The highest BCUT2D eigenvalue weighted by atomic mass is 16.1. The van der Waals surface area contributed by atoms with Gasteiger partial charge in [-0.05, 0) is 77.3 Å². The van der Waals surface area contributed by atoms with Gasteiger partial charge in [0.1, 0.15) is 5.78 Å². The van der Waals surface area contributed by atoms with E-state index in [2.05, 4.69) is 42.5 Å². The van der Waals surface area contributed by atoms with Crippen LogP contribution in [-0.2, 0) is 17.6 Å². The van der Waals surface area contributed by atoms with Crippen LogP contribution in [0.25, 0.3) is 10.8 Å². The summed E-state index contributed by atoms with van der Waals surface area (Å²) in [5, 5.41) is 2.70. The molecule has 27 heavy (non-hydrogen) atoms. The van der Waals surface area contributed by atoms with Crippen LogP contribution in [-0.4, -0.2) is 5.78 Å². The summed E-state index contributed by atoms with van der Waals surface area (Å²) >= 11 is 0. The first kappa shape index (κ1) is 16.1. The van der Waals surface area contributed by atoms with E-state index in [1.54, 1.807) is 0 Å². The summed E-state index contributed by atoms with van der Waals surface area (Å²) in [6.07, 6.45) is 15.5. The Labute approximate surface area is 161 Å². The summed E-state index contributed by atoms with van der Waals surface area (Å²) in [6.45, 7) is 0. The first-order valence-corrected chi connectivity index (χ1v) is 11.0. The highest BCUT2D eigenvalue weighted by molar-refractivity contribution is 5.93. The van der Waals surface area contributed by atoms with Crippen molar-refractivity contribution in [2.75, 3.05) is 0 Å². The first-order chi connectivity index (χ1) is 13.2. The molecule has 4 aliphatic rings. The summed E-state index contributed by atoms with van der Waals surface area (Å²) < 4.78 is 0. The predicted octanol–water partition coefficient (Wildman–Crippen LogP) is 6.14. The van der Waals surface area contributed by atoms with Crippen LogP contribution in [0, 0.1) is 17.3 Å². The second-order valence-corrected chi connectivity index (χ2v) is 9.69. The second kappa shape index (κ2) is 5.80. The van der Waals surface area contributed by atoms with Crippen molar-refractivity contribution in [2.24, 2.45) is 17.3 Å². The van der Waals surface area contributed by atoms with Gasteiger partial charge in [0.15, 0.2) is 0 Å². The maximum Gasteiger partial charge on any atom is 0.144 e. The maximum atomic E-state index is 13.1. The molecule has 0 amide bonds. The number of carbonyl (C=O) groups is 1. The van der Waals surface area contributed by atoms with Gasteiger partial charge in [0, 0.05) is 11.8 Å². The third-order valence-electron chi connectivity index (χ3n) is 8.18. The van der Waals surface area contributed by atoms with E-state index < -0.39 is 0 Å². The number of hydrogen-bond acceptors (Lipinski definition) is 1. The smallest absolute Gasteiger partial charge is 0.144 e. The molecule has 6 rings (SSSR count). The predicted molar refractivity (Wildman–Crippen MR) is 110 cm³/mol. The molecular formula is C26H28O. The lowest BCUT2D eigenvalue weighted by atomic mass is 9.63. The third-order valence-corrected chi connectivity index (χ3v) is 8.18. The minimum Gasteiger partial charge on any atom is -0.299 e. The van der Waals surface area contributed by atoms with Crippen LogP contribution in [0.15, 0.2) is 42.5 Å². The van der Waals surface area contributed by atoms with Gasteiger partial charge in [-0.15, -0.1) is 0 Å². The fourth-order valence-corrected chi connectivity index (χ4v) is 6.70. The molecule has 138 valence electrons. The Balaban J connectivity index is 1.40. The Morgan fingerprint density at radius 3 is 2.52 bits per heavy atom. The molecule has 0 aliphatic heterocycles. The number of hydrogen-bond donors (Lipinski definition) is 0. The van der Waals surface area contributed by atoms with Crippen LogP contribution in [0.4, 0.5) is 0 Å². The second-order valence-electron chi connectivity index (χ2n) is 9.69. The van der Waals surface area contributed by atoms with Gasteiger partial charge in [0.25, 0.3) is 0 Å². The summed E-state index contributed by atoms with van der Waals surface area (Å²) in [4.78, 5) is 13.1. The Morgan fingerprint density at radius 1 is 0.889 bits per heavy atom. The van der Waals surface area contributed by atoms with Crippen molar-refractivity contribution in [2.45, 2.75) is 63.7 Å². The molecule has 2 aromatic rings. The van der Waals surface area contributed by atoms with Gasteiger partial charge in [-0.25, -0.2) is 0 Å². The monoisotopic (exact) mass is 356 g/mol. The quantitative estimate of drug-likeness (QED) is 0.561. The van der Waals surface area contributed by atoms with E-state index in [0.29, 0.717) is 24.0 Å². The number of carbonyl (C=O) groups excluding carboxylic acids is 1. The van der Waals surface area contributed by atoms with Gasteiger partial charge < -0.3 is 0 Å². The maximum absolute atomic E-state index is 13.1. The fourth-order valence-electron chi connectivity index (χ4n) is 6.70. The summed E-state index contributed by atoms with van der Waals surface area (Å²) in [5.74, 6) is 2.40. The van der Waals surface area contributed by atoms with Crippen LogP contribution < -0.4 is 0 Å². The molecule has 0 radical (unpaired) electrons. The van der Waals surface area contributed by atoms with E-state index in [-0.39, 0.29) is 5.41 Å². The Kier molecular flexibility index (Phi) is 3.46. The Morgan fingerprint density at radius 2 is 1.74 bits per heavy atom. The number of fused-ring (bicyclic) bond motifs is 5. The van der Waals surface area contributed by atoms with Crippen molar-refractivity contribution in [3.8, 4) is 0 Å². The topological polar surface area (TPSA) is 17.1 Å². The zero-order valence-corrected chi connectivity index (χ0v) is 16.0. The molecule has 2 bridgehead atoms. The van der Waals surface area contributed by atoms with E-state index in [1.807, 2.05) is 0 Å². The molecule has 0 saturated heterocycles. The summed E-state index contributed by atoms with van der Waals surface area (Å²) in [6, 6.07) is 11.8. The van der Waals surface area contributed by atoms with Crippen molar-refractivity contribution in [3.63, 3.8) is 0 Å². The highest BCUT2D eigenvalue weighted by Gasteiger charge is 2.54. The highest BCUT2D eigenvalue weighted by Crippen LogP contribution is 2.56. The molecule has 3 atom stereocenters. The number of allylic oxidation sites excluding steroid dienone is 2. The molecule has 0 aromatic heterocycles. The van der Waals surface area contributed by atoms with Gasteiger partial charge in [-0.3, -0.25) is 4.79 Å². The average Bonchev–Trinajstić information content (AvgIpc) is 3.30. The lowest BCUT2D eigenvalue weighted by molar-refractivity contribution is -0.130. The lowest BCUT2D eigenvalue weighted by Crippen LogP contribution is -2.41. The van der Waals surface area contributed by atoms with Crippen molar-refractivity contribution in [1.29, 1.82) is 0 Å². The lowest BCUT2D eigenvalue weighted by Gasteiger charge is -2.38. The van der Waals surface area contributed by atoms with E-state index in [9.17, 15) is 4.79 Å². The zero-order chi connectivity index (χ0) is 18.0. The fraction of sp³-hybridized carbons (Fsp3) is 0.500. The zero-order valence-electron chi connectivity index (χ0n) is 16.0. The molecule has 3 unspecified atom stereocenters. The standard InChI is InChI=1S/C26H28O/c27-25-14-22-12-20-8-7-19(18-4-2-1-3-5-18)11-21(20)13-23(22)16-26(25)15-17-6-9-24(26)10-17/h6-9,11-13,17-18,24H,1-5,10,14-16H2. The Bertz CT molecular complexity index is 962. The van der Waals surface area contributed by atoms with Crippen molar-refractivity contribution < 1.29 is 4.79 Å². The minimum atomic E-state index is -0.0823. The third kappa shape index (κ3) is 2.40. The van der Waals surface area contributed by atoms with Crippen LogP contribution in [0.1, 0.15) is 67.6 Å². The molecule has 1 heteroatoms. The largest absolute Gasteiger partial charge is 0.299 e. The number of rotatable bonds is 1.